The maximum absolute atomic E-state index is 13.0. The molecule has 0 aliphatic heterocycles. The molecule has 144 valence electrons. The fraction of sp³-hybridized carbons (Fsp3) is 0.474. The van der Waals surface area contributed by atoms with Crippen LogP contribution in [0, 0.1) is 6.92 Å². The van der Waals surface area contributed by atoms with Crippen molar-refractivity contribution in [3.63, 3.8) is 0 Å². The summed E-state index contributed by atoms with van der Waals surface area (Å²) in [6.45, 7) is 3.52. The van der Waals surface area contributed by atoms with Crippen LogP contribution in [0.25, 0.3) is 6.08 Å². The molecule has 2 aromatic rings. The normalized spacial score (nSPS) is 16.4. The highest BCUT2D eigenvalue weighted by atomic mass is 32.1. The van der Waals surface area contributed by atoms with Gasteiger partial charge in [-0.25, -0.2) is 14.8 Å². The van der Waals surface area contributed by atoms with Crippen LogP contribution in [0.15, 0.2) is 23.0 Å². The molecule has 0 N–H and O–H groups in total. The van der Waals surface area contributed by atoms with Crippen LogP contribution in [0.1, 0.15) is 49.7 Å². The van der Waals surface area contributed by atoms with Crippen LogP contribution in [0.4, 0.5) is 5.13 Å². The summed E-state index contributed by atoms with van der Waals surface area (Å²) < 4.78 is 5.35. The predicted octanol–water partition coefficient (Wildman–Crippen LogP) is 4.22. The van der Waals surface area contributed by atoms with Gasteiger partial charge >= 0.3 is 5.97 Å². The summed E-state index contributed by atoms with van der Waals surface area (Å²) in [5.74, 6) is -0.771. The molecule has 6 nitrogen and oxygen atoms in total. The van der Waals surface area contributed by atoms with Crippen LogP contribution in [-0.4, -0.2) is 34.0 Å². The monoisotopic (exact) mass is 405 g/mol. The van der Waals surface area contributed by atoms with Crippen LogP contribution in [0.5, 0.6) is 0 Å². The molecule has 0 spiro atoms. The number of aromatic nitrogens is 2. The minimum atomic E-state index is -0.870. The molecule has 1 saturated carbocycles. The van der Waals surface area contributed by atoms with Gasteiger partial charge in [0.15, 0.2) is 11.2 Å². The van der Waals surface area contributed by atoms with Gasteiger partial charge in [0.1, 0.15) is 0 Å². The summed E-state index contributed by atoms with van der Waals surface area (Å²) in [5.41, 5.74) is 0.708. The number of hydrogen-bond acceptors (Lipinski definition) is 7. The zero-order valence-electron chi connectivity index (χ0n) is 15.5. The summed E-state index contributed by atoms with van der Waals surface area (Å²) >= 11 is 2.94. The van der Waals surface area contributed by atoms with Gasteiger partial charge in [-0.15, -0.1) is 22.7 Å². The molecule has 0 saturated heterocycles. The second-order valence-corrected chi connectivity index (χ2v) is 8.45. The van der Waals surface area contributed by atoms with E-state index in [0.29, 0.717) is 10.8 Å². The largest absolute Gasteiger partial charge is 0.449 e. The third kappa shape index (κ3) is 5.23. The average Bonchev–Trinajstić information content (AvgIpc) is 3.33. The van der Waals surface area contributed by atoms with Crippen molar-refractivity contribution in [2.24, 2.45) is 0 Å². The molecule has 2 aromatic heterocycles. The third-order valence-corrected chi connectivity index (χ3v) is 6.03. The van der Waals surface area contributed by atoms with E-state index in [1.54, 1.807) is 24.1 Å². The molecule has 1 amide bonds. The number of aryl methyl sites for hydroxylation is 1. The summed E-state index contributed by atoms with van der Waals surface area (Å²) in [4.78, 5) is 35.4. The first-order valence-electron chi connectivity index (χ1n) is 9.08. The van der Waals surface area contributed by atoms with Gasteiger partial charge in [-0.1, -0.05) is 19.3 Å². The van der Waals surface area contributed by atoms with Crippen molar-refractivity contribution < 1.29 is 14.3 Å². The summed E-state index contributed by atoms with van der Waals surface area (Å²) in [5, 5.41) is 5.32. The molecule has 2 heterocycles. The van der Waals surface area contributed by atoms with E-state index in [1.165, 1.54) is 35.2 Å². The van der Waals surface area contributed by atoms with E-state index in [1.807, 2.05) is 17.7 Å². The number of anilines is 1. The smallest absolute Gasteiger partial charge is 0.331 e. The van der Waals surface area contributed by atoms with E-state index >= 15 is 0 Å². The van der Waals surface area contributed by atoms with Crippen molar-refractivity contribution in [3.8, 4) is 0 Å². The van der Waals surface area contributed by atoms with Gasteiger partial charge < -0.3 is 4.74 Å². The molecule has 0 radical (unpaired) electrons. The number of rotatable bonds is 6. The van der Waals surface area contributed by atoms with Crippen molar-refractivity contribution in [2.75, 3.05) is 4.90 Å². The van der Waals surface area contributed by atoms with Gasteiger partial charge in [0.05, 0.1) is 10.7 Å². The molecule has 3 rings (SSSR count). The Kier molecular flexibility index (Phi) is 6.73. The fourth-order valence-corrected chi connectivity index (χ4v) is 4.47. The SMILES string of the molecule is Cc1nc(/C=C/C(=O)O[C@@H](C)C(=O)N(c2nccs2)C2CCCCC2)cs1. The van der Waals surface area contributed by atoms with Crippen LogP contribution >= 0.6 is 22.7 Å². The van der Waals surface area contributed by atoms with E-state index in [4.69, 9.17) is 4.74 Å². The summed E-state index contributed by atoms with van der Waals surface area (Å²) in [7, 11) is 0. The first kappa shape index (κ1) is 19.7. The van der Waals surface area contributed by atoms with Gasteiger partial charge in [-0.2, -0.15) is 0 Å². The molecule has 27 heavy (non-hydrogen) atoms. The second-order valence-electron chi connectivity index (χ2n) is 6.52. The first-order chi connectivity index (χ1) is 13.0. The highest BCUT2D eigenvalue weighted by molar-refractivity contribution is 7.13. The summed E-state index contributed by atoms with van der Waals surface area (Å²) in [6, 6.07) is 0.118. The lowest BCUT2D eigenvalue weighted by atomic mass is 9.94. The van der Waals surface area contributed by atoms with E-state index in [-0.39, 0.29) is 11.9 Å². The number of thiazole rings is 2. The number of amides is 1. The number of hydrogen-bond donors (Lipinski definition) is 0. The van der Waals surface area contributed by atoms with Gasteiger partial charge in [-0.3, -0.25) is 9.69 Å². The van der Waals surface area contributed by atoms with Gasteiger partial charge in [0.25, 0.3) is 5.91 Å². The average molecular weight is 406 g/mol. The molecule has 8 heteroatoms. The van der Waals surface area contributed by atoms with Crippen LogP contribution in [0.3, 0.4) is 0 Å². The van der Waals surface area contributed by atoms with Crippen molar-refractivity contribution in [1.29, 1.82) is 0 Å². The lowest BCUT2D eigenvalue weighted by molar-refractivity contribution is -0.149. The molecule has 0 aromatic carbocycles. The standard InChI is InChI=1S/C19H23N3O3S2/c1-13(25-17(23)9-8-15-12-27-14(2)21-15)18(24)22(19-20-10-11-26-19)16-6-4-3-5-7-16/h8-13,16H,3-7H2,1-2H3/b9-8+/t13-/m0/s1. The molecule has 0 bridgehead atoms. The number of ether oxygens (including phenoxy) is 1. The van der Waals surface area contributed by atoms with Crippen LogP contribution in [-0.2, 0) is 14.3 Å². The molecule has 1 atom stereocenters. The van der Waals surface area contributed by atoms with E-state index in [2.05, 4.69) is 9.97 Å². The maximum atomic E-state index is 13.0. The Bertz CT molecular complexity index is 795. The minimum absolute atomic E-state index is 0.118. The zero-order chi connectivity index (χ0) is 19.2. The Morgan fingerprint density at radius 3 is 2.70 bits per heavy atom. The van der Waals surface area contributed by atoms with E-state index in [0.717, 1.165) is 30.7 Å². The number of carbonyl (C=O) groups excluding carboxylic acids is 2. The van der Waals surface area contributed by atoms with Crippen molar-refractivity contribution in [1.82, 2.24) is 9.97 Å². The lowest BCUT2D eigenvalue weighted by Gasteiger charge is -2.33. The van der Waals surface area contributed by atoms with Crippen molar-refractivity contribution in [2.45, 2.75) is 58.1 Å². The fourth-order valence-electron chi connectivity index (χ4n) is 3.17. The minimum Gasteiger partial charge on any atom is -0.449 e. The molecular formula is C19H23N3O3S2. The van der Waals surface area contributed by atoms with Crippen LogP contribution in [0.2, 0.25) is 0 Å². The Balaban J connectivity index is 1.65. The topological polar surface area (TPSA) is 72.4 Å². The van der Waals surface area contributed by atoms with Gasteiger partial charge in [-0.05, 0) is 32.8 Å². The highest BCUT2D eigenvalue weighted by Crippen LogP contribution is 2.29. The van der Waals surface area contributed by atoms with Crippen molar-refractivity contribution in [3.05, 3.63) is 33.7 Å². The van der Waals surface area contributed by atoms with E-state index < -0.39 is 12.1 Å². The quantitative estimate of drug-likeness (QED) is 0.531. The number of nitrogens with zero attached hydrogens (tertiary/aromatic N) is 3. The van der Waals surface area contributed by atoms with Gasteiger partial charge in [0, 0.05) is 29.1 Å². The summed E-state index contributed by atoms with van der Waals surface area (Å²) in [6.07, 6.45) is 9.04. The molecule has 1 aliphatic carbocycles. The zero-order valence-corrected chi connectivity index (χ0v) is 17.1. The number of esters is 1. The second kappa shape index (κ2) is 9.23. The van der Waals surface area contributed by atoms with Gasteiger partial charge in [0.2, 0.25) is 0 Å². The van der Waals surface area contributed by atoms with E-state index in [9.17, 15) is 9.59 Å². The first-order valence-corrected chi connectivity index (χ1v) is 10.8. The Morgan fingerprint density at radius 1 is 1.30 bits per heavy atom. The molecule has 1 aliphatic rings. The molecule has 0 unspecified atom stereocenters. The Morgan fingerprint density at radius 2 is 2.07 bits per heavy atom. The highest BCUT2D eigenvalue weighted by Gasteiger charge is 2.32. The number of carbonyl (C=O) groups is 2. The Labute approximate surface area is 166 Å². The lowest BCUT2D eigenvalue weighted by Crippen LogP contribution is -2.47. The van der Waals surface area contributed by atoms with Crippen molar-refractivity contribution >= 4 is 45.8 Å². The third-order valence-electron chi connectivity index (χ3n) is 4.47. The predicted molar refractivity (Wildman–Crippen MR) is 108 cm³/mol. The molecule has 1 fully saturated rings. The Hall–Kier alpha value is -2.06. The molecular weight excluding hydrogens is 382 g/mol. The maximum Gasteiger partial charge on any atom is 0.331 e. The van der Waals surface area contributed by atoms with Crippen LogP contribution < -0.4 is 4.90 Å².